The van der Waals surface area contributed by atoms with Gasteiger partial charge in [0.05, 0.1) is 6.61 Å². The van der Waals surface area contributed by atoms with Gasteiger partial charge in [-0.2, -0.15) is 0 Å². The van der Waals surface area contributed by atoms with E-state index in [1.165, 1.54) is 5.57 Å². The van der Waals surface area contributed by atoms with E-state index in [0.29, 0.717) is 23.5 Å². The van der Waals surface area contributed by atoms with Gasteiger partial charge in [0, 0.05) is 11.8 Å². The SMILES string of the molecule is CC1=CC2C(=O)C3OCC(C2C)C13. The number of ether oxygens (including phenoxy) is 1. The van der Waals surface area contributed by atoms with E-state index in [4.69, 9.17) is 4.74 Å². The van der Waals surface area contributed by atoms with Crippen LogP contribution in [0, 0.1) is 23.7 Å². The lowest BCUT2D eigenvalue weighted by molar-refractivity contribution is -0.135. The molecular formula is C11H14O2. The maximum absolute atomic E-state index is 11.8. The molecule has 1 saturated carbocycles. The summed E-state index contributed by atoms with van der Waals surface area (Å²) in [6.45, 7) is 5.13. The van der Waals surface area contributed by atoms with Crippen LogP contribution in [-0.4, -0.2) is 18.5 Å². The second-order valence-corrected chi connectivity index (χ2v) is 4.64. The zero-order valence-corrected chi connectivity index (χ0v) is 7.99. The van der Waals surface area contributed by atoms with Gasteiger partial charge in [-0.15, -0.1) is 0 Å². The van der Waals surface area contributed by atoms with Crippen molar-refractivity contribution in [2.45, 2.75) is 20.0 Å². The molecule has 0 radical (unpaired) electrons. The van der Waals surface area contributed by atoms with E-state index in [1.807, 2.05) is 0 Å². The first-order valence-electron chi connectivity index (χ1n) is 5.04. The number of carbonyl (C=O) groups excluding carboxylic acids is 1. The van der Waals surface area contributed by atoms with E-state index in [-0.39, 0.29) is 12.0 Å². The fourth-order valence-corrected chi connectivity index (χ4v) is 3.30. The highest BCUT2D eigenvalue weighted by atomic mass is 16.5. The Morgan fingerprint density at radius 3 is 3.08 bits per heavy atom. The van der Waals surface area contributed by atoms with Crippen molar-refractivity contribution in [1.29, 1.82) is 0 Å². The molecule has 0 amide bonds. The summed E-state index contributed by atoms with van der Waals surface area (Å²) < 4.78 is 5.57. The summed E-state index contributed by atoms with van der Waals surface area (Å²) in [7, 11) is 0. The number of Topliss-reactive ketones (excluding diaryl/α,β-unsaturated/α-hetero) is 1. The molecule has 0 N–H and O–H groups in total. The van der Waals surface area contributed by atoms with Crippen LogP contribution in [0.2, 0.25) is 0 Å². The normalized spacial score (nSPS) is 52.6. The van der Waals surface area contributed by atoms with Crippen molar-refractivity contribution in [3.05, 3.63) is 11.6 Å². The van der Waals surface area contributed by atoms with Crippen molar-refractivity contribution < 1.29 is 9.53 Å². The molecule has 0 spiro atoms. The molecule has 5 atom stereocenters. The van der Waals surface area contributed by atoms with Gasteiger partial charge in [-0.25, -0.2) is 0 Å². The lowest BCUT2D eigenvalue weighted by atomic mass is 9.60. The van der Waals surface area contributed by atoms with E-state index in [1.54, 1.807) is 0 Å². The molecule has 1 saturated heterocycles. The van der Waals surface area contributed by atoms with Crippen molar-refractivity contribution in [3.63, 3.8) is 0 Å². The predicted molar refractivity (Wildman–Crippen MR) is 48.1 cm³/mol. The molecule has 1 heterocycles. The Balaban J connectivity index is 2.15. The summed E-state index contributed by atoms with van der Waals surface area (Å²) in [5.41, 5.74) is 1.38. The van der Waals surface area contributed by atoms with Crippen LogP contribution in [0.15, 0.2) is 11.6 Å². The summed E-state index contributed by atoms with van der Waals surface area (Å²) in [5.74, 6) is 2.00. The number of hydrogen-bond acceptors (Lipinski definition) is 2. The molecule has 4 rings (SSSR count). The Morgan fingerprint density at radius 2 is 2.31 bits per heavy atom. The maximum Gasteiger partial charge on any atom is 0.169 e. The molecule has 0 aromatic heterocycles. The third-order valence-electron chi connectivity index (χ3n) is 4.07. The van der Waals surface area contributed by atoms with Gasteiger partial charge in [0.2, 0.25) is 0 Å². The van der Waals surface area contributed by atoms with Crippen molar-refractivity contribution in [3.8, 4) is 0 Å². The fraction of sp³-hybridized carbons (Fsp3) is 0.727. The standard InChI is InChI=1S/C11H14O2/c1-5-3-7-6(2)8-4-13-11(9(5)8)10(7)12/h3,6-9,11H,4H2,1-2H3. The van der Waals surface area contributed by atoms with E-state index >= 15 is 0 Å². The molecule has 4 aliphatic rings. The van der Waals surface area contributed by atoms with E-state index in [9.17, 15) is 4.79 Å². The van der Waals surface area contributed by atoms with Crippen molar-refractivity contribution in [2.24, 2.45) is 23.7 Å². The maximum atomic E-state index is 11.8. The van der Waals surface area contributed by atoms with E-state index in [0.717, 1.165) is 6.61 Å². The van der Waals surface area contributed by atoms with Gasteiger partial charge in [0.25, 0.3) is 0 Å². The number of allylic oxidation sites excluding steroid dienone is 1. The number of rotatable bonds is 0. The Hall–Kier alpha value is -0.630. The lowest BCUT2D eigenvalue weighted by Crippen LogP contribution is -2.48. The first-order chi connectivity index (χ1) is 6.20. The van der Waals surface area contributed by atoms with Crippen molar-refractivity contribution in [1.82, 2.24) is 0 Å². The monoisotopic (exact) mass is 178 g/mol. The average molecular weight is 178 g/mol. The van der Waals surface area contributed by atoms with Crippen LogP contribution in [0.1, 0.15) is 13.8 Å². The Labute approximate surface area is 78.0 Å². The number of carbonyl (C=O) groups is 1. The average Bonchev–Trinajstić information content (AvgIpc) is 2.50. The quantitative estimate of drug-likeness (QED) is 0.524. The largest absolute Gasteiger partial charge is 0.369 e. The van der Waals surface area contributed by atoms with Crippen LogP contribution in [0.3, 0.4) is 0 Å². The van der Waals surface area contributed by atoms with Crippen LogP contribution >= 0.6 is 0 Å². The van der Waals surface area contributed by atoms with Crippen LogP contribution in [0.4, 0.5) is 0 Å². The Bertz CT molecular complexity index is 305. The smallest absolute Gasteiger partial charge is 0.169 e. The number of ketones is 1. The van der Waals surface area contributed by atoms with Gasteiger partial charge in [-0.05, 0) is 18.8 Å². The molecule has 2 nitrogen and oxygen atoms in total. The highest BCUT2D eigenvalue weighted by Gasteiger charge is 2.56. The molecule has 13 heavy (non-hydrogen) atoms. The number of hydrogen-bond donors (Lipinski definition) is 0. The summed E-state index contributed by atoms with van der Waals surface area (Å²) in [5, 5.41) is 0. The van der Waals surface area contributed by atoms with Gasteiger partial charge in [-0.3, -0.25) is 4.79 Å². The fourth-order valence-electron chi connectivity index (χ4n) is 3.30. The van der Waals surface area contributed by atoms with Gasteiger partial charge < -0.3 is 4.74 Å². The van der Waals surface area contributed by atoms with E-state index in [2.05, 4.69) is 19.9 Å². The molecule has 2 fully saturated rings. The van der Waals surface area contributed by atoms with Crippen LogP contribution in [-0.2, 0) is 9.53 Å². The third kappa shape index (κ3) is 0.755. The van der Waals surface area contributed by atoms with Crippen molar-refractivity contribution >= 4 is 5.78 Å². The lowest BCUT2D eigenvalue weighted by Gasteiger charge is -2.42. The summed E-state index contributed by atoms with van der Waals surface area (Å²) in [6.07, 6.45) is 2.08. The molecule has 2 heteroatoms. The minimum Gasteiger partial charge on any atom is -0.369 e. The van der Waals surface area contributed by atoms with Crippen LogP contribution in [0.25, 0.3) is 0 Å². The second-order valence-electron chi connectivity index (χ2n) is 4.64. The van der Waals surface area contributed by atoms with Gasteiger partial charge in [-0.1, -0.05) is 18.6 Å². The molecule has 1 aliphatic heterocycles. The van der Waals surface area contributed by atoms with Gasteiger partial charge in [0.1, 0.15) is 6.10 Å². The highest BCUT2D eigenvalue weighted by molar-refractivity contribution is 5.91. The molecule has 0 aromatic rings. The molecule has 5 unspecified atom stereocenters. The molecule has 70 valence electrons. The zero-order valence-electron chi connectivity index (χ0n) is 7.99. The van der Waals surface area contributed by atoms with Gasteiger partial charge in [0.15, 0.2) is 5.78 Å². The molecular weight excluding hydrogens is 164 g/mol. The third-order valence-corrected chi connectivity index (χ3v) is 4.07. The Morgan fingerprint density at radius 1 is 1.54 bits per heavy atom. The first kappa shape index (κ1) is 7.74. The van der Waals surface area contributed by atoms with Crippen LogP contribution < -0.4 is 0 Å². The molecule has 0 aromatic carbocycles. The molecule has 3 aliphatic carbocycles. The first-order valence-corrected chi connectivity index (χ1v) is 5.04. The van der Waals surface area contributed by atoms with E-state index < -0.39 is 0 Å². The zero-order chi connectivity index (χ0) is 9.16. The van der Waals surface area contributed by atoms with Crippen LogP contribution in [0.5, 0.6) is 0 Å². The van der Waals surface area contributed by atoms with Crippen molar-refractivity contribution in [2.75, 3.05) is 6.61 Å². The Kier molecular flexibility index (Phi) is 1.33. The topological polar surface area (TPSA) is 26.3 Å². The van der Waals surface area contributed by atoms with Gasteiger partial charge >= 0.3 is 0 Å². The highest BCUT2D eigenvalue weighted by Crippen LogP contribution is 2.51. The molecule has 4 bridgehead atoms. The predicted octanol–water partition coefficient (Wildman–Crippen LogP) is 1.41. The minimum absolute atomic E-state index is 0.0869. The summed E-state index contributed by atoms with van der Waals surface area (Å²) in [4.78, 5) is 11.8. The second kappa shape index (κ2) is 2.24. The minimum atomic E-state index is -0.0869. The summed E-state index contributed by atoms with van der Waals surface area (Å²) >= 11 is 0. The summed E-state index contributed by atoms with van der Waals surface area (Å²) in [6, 6.07) is 0.